The van der Waals surface area contributed by atoms with Crippen LogP contribution in [-0.4, -0.2) is 26.8 Å². The van der Waals surface area contributed by atoms with Crippen LogP contribution in [0.4, 0.5) is 0 Å². The van der Waals surface area contributed by atoms with Gasteiger partial charge in [-0.05, 0) is 31.6 Å². The first-order valence-electron chi connectivity index (χ1n) is 7.35. The molecular formula is C15H22N4S. The zero-order valence-electron chi connectivity index (χ0n) is 11.9. The van der Waals surface area contributed by atoms with Crippen molar-refractivity contribution in [1.82, 2.24) is 15.2 Å². The van der Waals surface area contributed by atoms with E-state index in [1.165, 1.54) is 29.5 Å². The maximum atomic E-state index is 5.79. The maximum absolute atomic E-state index is 5.79. The molecule has 2 unspecified atom stereocenters. The number of hydrazine groups is 1. The summed E-state index contributed by atoms with van der Waals surface area (Å²) in [6.07, 6.45) is 3.46. The summed E-state index contributed by atoms with van der Waals surface area (Å²) in [6, 6.07) is 8.78. The Kier molecular flexibility index (Phi) is 4.29. The first-order chi connectivity index (χ1) is 9.83. The number of nitrogens with zero attached hydrogens (tertiary/aromatic N) is 2. The molecule has 5 heteroatoms. The van der Waals surface area contributed by atoms with E-state index in [4.69, 9.17) is 10.9 Å². The molecule has 0 spiro atoms. The lowest BCUT2D eigenvalue weighted by molar-refractivity contribution is 0.489. The van der Waals surface area contributed by atoms with Crippen molar-refractivity contribution < 1.29 is 0 Å². The third kappa shape index (κ3) is 2.57. The summed E-state index contributed by atoms with van der Waals surface area (Å²) in [5, 5.41) is 6.66. The summed E-state index contributed by atoms with van der Waals surface area (Å²) in [6.45, 7) is 3.04. The number of aryl methyl sites for hydroxylation is 1. The normalized spacial score (nSPS) is 20.6. The van der Waals surface area contributed by atoms with Crippen LogP contribution in [0.1, 0.15) is 25.5 Å². The van der Waals surface area contributed by atoms with Gasteiger partial charge in [0.25, 0.3) is 0 Å². The molecule has 2 heterocycles. The molecule has 3 rings (SSSR count). The van der Waals surface area contributed by atoms with Gasteiger partial charge in [0.05, 0.1) is 11.2 Å². The second-order valence-corrected chi connectivity index (χ2v) is 6.66. The second-order valence-electron chi connectivity index (χ2n) is 5.31. The Labute approximate surface area is 124 Å². The minimum Gasteiger partial charge on any atom is -0.271 e. The van der Waals surface area contributed by atoms with Gasteiger partial charge in [-0.1, -0.05) is 18.2 Å². The summed E-state index contributed by atoms with van der Waals surface area (Å²) in [5.74, 6) is 7.04. The number of aromatic nitrogens is 2. The Morgan fingerprint density at radius 1 is 1.50 bits per heavy atom. The molecule has 1 aromatic carbocycles. The molecule has 4 nitrogen and oxygen atoms in total. The maximum Gasteiger partial charge on any atom is 0.0719 e. The molecule has 2 atom stereocenters. The number of para-hydroxylation sites is 1. The Hall–Kier alpha value is -1.04. The fraction of sp³-hybridized carbons (Fsp3) is 0.533. The minimum atomic E-state index is 0.311. The smallest absolute Gasteiger partial charge is 0.0719 e. The average molecular weight is 290 g/mol. The van der Waals surface area contributed by atoms with Gasteiger partial charge in [-0.3, -0.25) is 16.0 Å². The van der Waals surface area contributed by atoms with Crippen molar-refractivity contribution >= 4 is 22.7 Å². The quantitative estimate of drug-likeness (QED) is 0.655. The third-order valence-electron chi connectivity index (χ3n) is 4.08. The third-order valence-corrected chi connectivity index (χ3v) is 5.59. The molecule has 3 N–H and O–H groups in total. The van der Waals surface area contributed by atoms with Crippen LogP contribution in [0, 0.1) is 0 Å². The van der Waals surface area contributed by atoms with Crippen molar-refractivity contribution in [3.63, 3.8) is 0 Å². The highest BCUT2D eigenvalue weighted by molar-refractivity contribution is 8.00. The number of thioether (sulfide) groups is 1. The number of hydrogen-bond donors (Lipinski definition) is 2. The van der Waals surface area contributed by atoms with E-state index in [9.17, 15) is 0 Å². The monoisotopic (exact) mass is 290 g/mol. The van der Waals surface area contributed by atoms with Crippen molar-refractivity contribution in [2.24, 2.45) is 5.84 Å². The van der Waals surface area contributed by atoms with Gasteiger partial charge in [-0.25, -0.2) is 0 Å². The number of hydrogen-bond acceptors (Lipinski definition) is 4. The van der Waals surface area contributed by atoms with Gasteiger partial charge >= 0.3 is 0 Å². The Bertz CT molecular complexity index is 574. The summed E-state index contributed by atoms with van der Waals surface area (Å²) in [4.78, 5) is 0. The molecule has 2 aromatic rings. The average Bonchev–Trinajstić information content (AvgIpc) is 3.13. The number of nitrogens with two attached hydrogens (primary N) is 1. The fourth-order valence-corrected chi connectivity index (χ4v) is 4.39. The van der Waals surface area contributed by atoms with Gasteiger partial charge in [0.15, 0.2) is 0 Å². The highest BCUT2D eigenvalue weighted by Crippen LogP contribution is 2.30. The van der Waals surface area contributed by atoms with Crippen LogP contribution in [0.3, 0.4) is 0 Å². The fourth-order valence-electron chi connectivity index (χ4n) is 3.01. The van der Waals surface area contributed by atoms with E-state index < -0.39 is 0 Å². The molecule has 0 amide bonds. The van der Waals surface area contributed by atoms with E-state index in [2.05, 4.69) is 41.3 Å². The number of rotatable bonds is 5. The van der Waals surface area contributed by atoms with Crippen LogP contribution >= 0.6 is 11.8 Å². The Morgan fingerprint density at radius 3 is 3.05 bits per heavy atom. The Balaban J connectivity index is 1.89. The first-order valence-corrected chi connectivity index (χ1v) is 8.40. The van der Waals surface area contributed by atoms with Crippen LogP contribution in [0.15, 0.2) is 24.3 Å². The van der Waals surface area contributed by atoms with Crippen LogP contribution in [0.5, 0.6) is 0 Å². The molecule has 1 aromatic heterocycles. The molecule has 0 aliphatic carbocycles. The van der Waals surface area contributed by atoms with E-state index in [1.807, 2.05) is 11.8 Å². The van der Waals surface area contributed by atoms with Crippen molar-refractivity contribution in [3.8, 4) is 0 Å². The lowest BCUT2D eigenvalue weighted by Crippen LogP contribution is -2.43. The molecular weight excluding hydrogens is 268 g/mol. The predicted octanol–water partition coefficient (Wildman–Crippen LogP) is 2.33. The second kappa shape index (κ2) is 6.16. The van der Waals surface area contributed by atoms with E-state index in [1.54, 1.807) is 0 Å². The molecule has 1 aliphatic rings. The molecule has 20 heavy (non-hydrogen) atoms. The molecule has 1 aliphatic heterocycles. The van der Waals surface area contributed by atoms with E-state index in [0.29, 0.717) is 11.3 Å². The van der Waals surface area contributed by atoms with E-state index in [0.717, 1.165) is 18.7 Å². The van der Waals surface area contributed by atoms with Crippen molar-refractivity contribution in [3.05, 3.63) is 30.0 Å². The number of nitrogens with one attached hydrogen (secondary N) is 1. The minimum absolute atomic E-state index is 0.311. The van der Waals surface area contributed by atoms with Gasteiger partial charge < -0.3 is 0 Å². The van der Waals surface area contributed by atoms with Crippen LogP contribution in [0.2, 0.25) is 0 Å². The topological polar surface area (TPSA) is 55.9 Å². The zero-order valence-corrected chi connectivity index (χ0v) is 12.7. The molecule has 0 saturated carbocycles. The van der Waals surface area contributed by atoms with Crippen LogP contribution < -0.4 is 11.3 Å². The summed E-state index contributed by atoms with van der Waals surface area (Å²) in [5.41, 5.74) is 5.40. The predicted molar refractivity (Wildman–Crippen MR) is 85.7 cm³/mol. The lowest BCUT2D eigenvalue weighted by atomic mass is 10.0. The summed E-state index contributed by atoms with van der Waals surface area (Å²) >= 11 is 2.04. The van der Waals surface area contributed by atoms with Gasteiger partial charge in [0.2, 0.25) is 0 Å². The van der Waals surface area contributed by atoms with Gasteiger partial charge in [-0.15, -0.1) is 0 Å². The SMILES string of the molecule is CCn1nc(CC(NN)C2CCCS2)c2ccccc21. The summed E-state index contributed by atoms with van der Waals surface area (Å²) < 4.78 is 2.08. The van der Waals surface area contributed by atoms with Crippen molar-refractivity contribution in [2.75, 3.05) is 5.75 Å². The summed E-state index contributed by atoms with van der Waals surface area (Å²) in [7, 11) is 0. The highest BCUT2D eigenvalue weighted by atomic mass is 32.2. The molecule has 0 radical (unpaired) electrons. The standard InChI is InChI=1S/C15H22N4S/c1-2-19-14-7-4-3-6-11(14)12(18-19)10-13(17-16)15-8-5-9-20-15/h3-4,6-7,13,15,17H,2,5,8-10,16H2,1H3. The van der Waals surface area contributed by atoms with Gasteiger partial charge in [0.1, 0.15) is 0 Å². The van der Waals surface area contributed by atoms with Gasteiger partial charge in [0, 0.05) is 29.6 Å². The first kappa shape index (κ1) is 13.9. The molecule has 1 fully saturated rings. The largest absolute Gasteiger partial charge is 0.271 e. The molecule has 1 saturated heterocycles. The van der Waals surface area contributed by atoms with Crippen LogP contribution in [-0.2, 0) is 13.0 Å². The number of fused-ring (bicyclic) bond motifs is 1. The lowest BCUT2D eigenvalue weighted by Gasteiger charge is -2.21. The molecule has 108 valence electrons. The Morgan fingerprint density at radius 2 is 2.35 bits per heavy atom. The zero-order chi connectivity index (χ0) is 13.9. The van der Waals surface area contributed by atoms with Crippen LogP contribution in [0.25, 0.3) is 10.9 Å². The van der Waals surface area contributed by atoms with Crippen molar-refractivity contribution in [2.45, 2.75) is 44.0 Å². The van der Waals surface area contributed by atoms with Crippen molar-refractivity contribution in [1.29, 1.82) is 0 Å². The highest BCUT2D eigenvalue weighted by Gasteiger charge is 2.26. The van der Waals surface area contributed by atoms with Gasteiger partial charge in [-0.2, -0.15) is 16.9 Å². The van der Waals surface area contributed by atoms with E-state index in [-0.39, 0.29) is 0 Å². The van der Waals surface area contributed by atoms with E-state index >= 15 is 0 Å². The number of benzene rings is 1. The molecule has 0 bridgehead atoms.